The lowest BCUT2D eigenvalue weighted by Gasteiger charge is -2.14. The molecule has 3 amide bonds. The summed E-state index contributed by atoms with van der Waals surface area (Å²) < 4.78 is 16.0. The number of hydrogen-bond acceptors (Lipinski definition) is 7. The highest BCUT2D eigenvalue weighted by molar-refractivity contribution is 8.18. The molecule has 31 heavy (non-hydrogen) atoms. The molecule has 2 aromatic carbocycles. The van der Waals surface area contributed by atoms with E-state index in [1.54, 1.807) is 55.7 Å². The Morgan fingerprint density at radius 2 is 1.81 bits per heavy atom. The maximum absolute atomic E-state index is 12.7. The van der Waals surface area contributed by atoms with E-state index in [0.717, 1.165) is 16.7 Å². The van der Waals surface area contributed by atoms with Crippen molar-refractivity contribution in [1.82, 2.24) is 4.90 Å². The molecule has 0 aliphatic carbocycles. The molecule has 1 fully saturated rings. The molecule has 0 spiro atoms. The van der Waals surface area contributed by atoms with E-state index in [4.69, 9.17) is 14.2 Å². The molecule has 0 aromatic heterocycles. The third kappa shape index (κ3) is 5.18. The van der Waals surface area contributed by atoms with Crippen LogP contribution in [-0.2, 0) is 9.59 Å². The smallest absolute Gasteiger partial charge is 0.294 e. The first-order valence-corrected chi connectivity index (χ1v) is 10.3. The van der Waals surface area contributed by atoms with Gasteiger partial charge in [0, 0.05) is 0 Å². The van der Waals surface area contributed by atoms with Gasteiger partial charge in [-0.15, -0.1) is 0 Å². The number of nitrogens with one attached hydrogen (secondary N) is 1. The third-order valence-electron chi connectivity index (χ3n) is 4.34. The van der Waals surface area contributed by atoms with Crippen LogP contribution in [0.5, 0.6) is 17.2 Å². The standard InChI is InChI=1S/C22H22N2O6S/c1-4-30-18-11-14(9-10-17(18)29-3)12-19-21(26)24(22(27)31-19)13-20(25)23-15-7-5-6-8-16(15)28-2/h5-12H,4,13H2,1-3H3,(H,23,25)/b19-12+. The van der Waals surface area contributed by atoms with Gasteiger partial charge < -0.3 is 19.5 Å². The molecule has 9 heteroatoms. The number of anilines is 1. The molecule has 1 saturated heterocycles. The summed E-state index contributed by atoms with van der Waals surface area (Å²) in [5.74, 6) is 0.554. The Bertz CT molecular complexity index is 1040. The second-order valence-corrected chi connectivity index (χ2v) is 7.35. The summed E-state index contributed by atoms with van der Waals surface area (Å²) in [4.78, 5) is 38.6. The van der Waals surface area contributed by atoms with Gasteiger partial charge in [-0.3, -0.25) is 19.3 Å². The third-order valence-corrected chi connectivity index (χ3v) is 5.25. The van der Waals surface area contributed by atoms with Gasteiger partial charge in [0.05, 0.1) is 31.4 Å². The first-order valence-electron chi connectivity index (χ1n) is 9.46. The van der Waals surface area contributed by atoms with Crippen LogP contribution in [-0.4, -0.2) is 49.3 Å². The Labute approximate surface area is 184 Å². The fraction of sp³-hybridized carbons (Fsp3) is 0.227. The van der Waals surface area contributed by atoms with Crippen LogP contribution in [0.15, 0.2) is 47.4 Å². The molecule has 162 valence electrons. The molecule has 0 saturated carbocycles. The average Bonchev–Trinajstić information content (AvgIpc) is 3.02. The molecule has 1 aliphatic rings. The van der Waals surface area contributed by atoms with Crippen LogP contribution in [0.4, 0.5) is 10.5 Å². The van der Waals surface area contributed by atoms with Crippen LogP contribution in [0, 0.1) is 0 Å². The predicted molar refractivity (Wildman–Crippen MR) is 118 cm³/mol. The number of thioether (sulfide) groups is 1. The van der Waals surface area contributed by atoms with Gasteiger partial charge in [0.25, 0.3) is 11.1 Å². The van der Waals surface area contributed by atoms with Gasteiger partial charge in [-0.1, -0.05) is 18.2 Å². The van der Waals surface area contributed by atoms with Crippen LogP contribution in [0.1, 0.15) is 12.5 Å². The largest absolute Gasteiger partial charge is 0.495 e. The number of rotatable bonds is 8. The summed E-state index contributed by atoms with van der Waals surface area (Å²) in [6.07, 6.45) is 1.59. The summed E-state index contributed by atoms with van der Waals surface area (Å²) >= 11 is 0.784. The lowest BCUT2D eigenvalue weighted by Crippen LogP contribution is -2.36. The molecular formula is C22H22N2O6S. The number of imide groups is 1. The number of benzene rings is 2. The number of para-hydroxylation sites is 2. The van der Waals surface area contributed by atoms with E-state index in [1.165, 1.54) is 7.11 Å². The van der Waals surface area contributed by atoms with Crippen LogP contribution >= 0.6 is 11.8 Å². The highest BCUT2D eigenvalue weighted by atomic mass is 32.2. The Hall–Kier alpha value is -3.46. The normalized spacial score (nSPS) is 14.7. The van der Waals surface area contributed by atoms with E-state index < -0.39 is 23.6 Å². The lowest BCUT2D eigenvalue weighted by molar-refractivity contribution is -0.127. The molecule has 3 rings (SSSR count). The molecule has 0 atom stereocenters. The monoisotopic (exact) mass is 442 g/mol. The molecule has 0 unspecified atom stereocenters. The van der Waals surface area contributed by atoms with Crippen molar-refractivity contribution < 1.29 is 28.6 Å². The highest BCUT2D eigenvalue weighted by Crippen LogP contribution is 2.34. The number of carbonyl (C=O) groups is 3. The van der Waals surface area contributed by atoms with Crippen LogP contribution < -0.4 is 19.5 Å². The topological polar surface area (TPSA) is 94.2 Å². The van der Waals surface area contributed by atoms with Gasteiger partial charge in [0.15, 0.2) is 11.5 Å². The fourth-order valence-electron chi connectivity index (χ4n) is 2.92. The molecule has 0 bridgehead atoms. The summed E-state index contributed by atoms with van der Waals surface area (Å²) in [5, 5.41) is 2.15. The Kier molecular flexibility index (Phi) is 7.19. The van der Waals surface area contributed by atoms with Gasteiger partial charge >= 0.3 is 0 Å². The van der Waals surface area contributed by atoms with E-state index >= 15 is 0 Å². The van der Waals surface area contributed by atoms with E-state index in [1.807, 2.05) is 6.92 Å². The van der Waals surface area contributed by atoms with Gasteiger partial charge in [0.2, 0.25) is 5.91 Å². The minimum Gasteiger partial charge on any atom is -0.495 e. The zero-order valence-corrected chi connectivity index (χ0v) is 18.2. The number of methoxy groups -OCH3 is 2. The van der Waals surface area contributed by atoms with Gasteiger partial charge in [-0.25, -0.2) is 0 Å². The molecule has 1 N–H and O–H groups in total. The quantitative estimate of drug-likeness (QED) is 0.622. The SMILES string of the molecule is CCOc1cc(/C=C2/SC(=O)N(CC(=O)Nc3ccccc3OC)C2=O)ccc1OC. The summed E-state index contributed by atoms with van der Waals surface area (Å²) in [5.41, 5.74) is 1.13. The van der Waals surface area contributed by atoms with Gasteiger partial charge in [-0.2, -0.15) is 0 Å². The van der Waals surface area contributed by atoms with Gasteiger partial charge in [-0.05, 0) is 54.6 Å². The lowest BCUT2D eigenvalue weighted by atomic mass is 10.2. The Morgan fingerprint density at radius 3 is 2.52 bits per heavy atom. The second kappa shape index (κ2) is 10.0. The summed E-state index contributed by atoms with van der Waals surface area (Å²) in [7, 11) is 3.03. The zero-order valence-electron chi connectivity index (χ0n) is 17.3. The van der Waals surface area contributed by atoms with Crippen molar-refractivity contribution in [1.29, 1.82) is 0 Å². The summed E-state index contributed by atoms with van der Waals surface area (Å²) in [6.45, 7) is 1.91. The highest BCUT2D eigenvalue weighted by Gasteiger charge is 2.36. The van der Waals surface area contributed by atoms with E-state index in [9.17, 15) is 14.4 Å². The van der Waals surface area contributed by atoms with Crippen LogP contribution in [0.2, 0.25) is 0 Å². The first kappa shape index (κ1) is 22.2. The van der Waals surface area contributed by atoms with Crippen LogP contribution in [0.3, 0.4) is 0 Å². The van der Waals surface area contributed by atoms with Crippen molar-refractivity contribution in [3.05, 3.63) is 52.9 Å². The Balaban J connectivity index is 1.73. The molecular weight excluding hydrogens is 420 g/mol. The van der Waals surface area contributed by atoms with Gasteiger partial charge in [0.1, 0.15) is 12.3 Å². The van der Waals surface area contributed by atoms with Crippen LogP contribution in [0.25, 0.3) is 6.08 Å². The van der Waals surface area contributed by atoms with E-state index in [-0.39, 0.29) is 4.91 Å². The van der Waals surface area contributed by atoms with E-state index in [0.29, 0.717) is 35.1 Å². The number of ether oxygens (including phenoxy) is 3. The molecule has 0 radical (unpaired) electrons. The van der Waals surface area contributed by atoms with Crippen molar-refractivity contribution in [3.63, 3.8) is 0 Å². The predicted octanol–water partition coefficient (Wildman–Crippen LogP) is 3.78. The number of hydrogen-bond donors (Lipinski definition) is 1. The maximum atomic E-state index is 12.7. The average molecular weight is 442 g/mol. The first-order chi connectivity index (χ1) is 15.0. The number of amides is 3. The van der Waals surface area contributed by atoms with Crippen molar-refractivity contribution in [3.8, 4) is 17.2 Å². The fourth-order valence-corrected chi connectivity index (χ4v) is 3.76. The van der Waals surface area contributed by atoms with Crippen molar-refractivity contribution in [2.24, 2.45) is 0 Å². The molecule has 1 heterocycles. The van der Waals surface area contributed by atoms with Crippen molar-refractivity contribution in [2.45, 2.75) is 6.92 Å². The second-order valence-electron chi connectivity index (χ2n) is 6.36. The van der Waals surface area contributed by atoms with Crippen molar-refractivity contribution in [2.75, 3.05) is 32.7 Å². The Morgan fingerprint density at radius 1 is 1.06 bits per heavy atom. The summed E-state index contributed by atoms with van der Waals surface area (Å²) in [6, 6.07) is 12.1. The molecule has 1 aliphatic heterocycles. The zero-order chi connectivity index (χ0) is 22.4. The number of nitrogens with zero attached hydrogens (tertiary/aromatic N) is 1. The minimum absolute atomic E-state index is 0.225. The molecule has 8 nitrogen and oxygen atoms in total. The van der Waals surface area contributed by atoms with Crippen molar-refractivity contribution >= 4 is 40.6 Å². The van der Waals surface area contributed by atoms with E-state index in [2.05, 4.69) is 5.32 Å². The minimum atomic E-state index is -0.529. The molecule has 2 aromatic rings. The number of carbonyl (C=O) groups excluding carboxylic acids is 3. The maximum Gasteiger partial charge on any atom is 0.294 e.